The number of allylic oxidation sites excluding steroid dienone is 4. The van der Waals surface area contributed by atoms with Gasteiger partial charge in [0.1, 0.15) is 0 Å². The Bertz CT molecular complexity index is 1080. The van der Waals surface area contributed by atoms with Gasteiger partial charge in [0.2, 0.25) is 0 Å². The normalized spacial score (nSPS) is 12.1. The van der Waals surface area contributed by atoms with Crippen LogP contribution < -0.4 is 0 Å². The Morgan fingerprint density at radius 1 is 0.786 bits per heavy atom. The van der Waals surface area contributed by atoms with Gasteiger partial charge in [-0.15, -0.1) is 0 Å². The van der Waals surface area contributed by atoms with Gasteiger partial charge in [-0.25, -0.2) is 0 Å². The number of benzene rings is 3. The van der Waals surface area contributed by atoms with Crippen molar-refractivity contribution in [3.8, 4) is 11.1 Å². The van der Waals surface area contributed by atoms with Crippen LogP contribution >= 0.6 is 31.9 Å². The second kappa shape index (κ2) is 9.31. The molecule has 0 heterocycles. The SMILES string of the molecule is CC=C(C=C(C)C(=O)c1cccc(-c2cccc(Br)c2)c1)c1cccc(Br)c1. The standard InChI is InChI=1S/C25H20Br2O/c1-3-18(20-8-5-11-23(26)15-20)13-17(2)25(28)22-10-4-7-19(14-22)21-9-6-12-24(27)16-21/h3-16H,1-2H3. The van der Waals surface area contributed by atoms with E-state index in [0.717, 1.165) is 31.2 Å². The van der Waals surface area contributed by atoms with Crippen LogP contribution in [0.3, 0.4) is 0 Å². The minimum atomic E-state index is 0.0335. The number of carbonyl (C=O) groups excluding carboxylic acids is 1. The third-order valence-corrected chi connectivity index (χ3v) is 5.47. The highest BCUT2D eigenvalue weighted by Crippen LogP contribution is 2.26. The molecule has 3 aromatic carbocycles. The van der Waals surface area contributed by atoms with Crippen LogP contribution in [-0.4, -0.2) is 5.78 Å². The highest BCUT2D eigenvalue weighted by molar-refractivity contribution is 9.10. The van der Waals surface area contributed by atoms with Gasteiger partial charge < -0.3 is 0 Å². The number of rotatable bonds is 5. The summed E-state index contributed by atoms with van der Waals surface area (Å²) in [6, 6.07) is 24.0. The Balaban J connectivity index is 1.91. The van der Waals surface area contributed by atoms with Crippen molar-refractivity contribution in [3.05, 3.63) is 111 Å². The van der Waals surface area contributed by atoms with Crippen molar-refractivity contribution in [2.45, 2.75) is 13.8 Å². The first kappa shape index (κ1) is 20.5. The van der Waals surface area contributed by atoms with E-state index in [4.69, 9.17) is 0 Å². The highest BCUT2D eigenvalue weighted by Gasteiger charge is 2.11. The van der Waals surface area contributed by atoms with Gasteiger partial charge in [0, 0.05) is 14.5 Å². The van der Waals surface area contributed by atoms with E-state index in [1.807, 2.05) is 86.7 Å². The summed E-state index contributed by atoms with van der Waals surface area (Å²) in [7, 11) is 0. The summed E-state index contributed by atoms with van der Waals surface area (Å²) in [4.78, 5) is 13.0. The van der Waals surface area contributed by atoms with Gasteiger partial charge in [-0.2, -0.15) is 0 Å². The molecule has 0 spiro atoms. The van der Waals surface area contributed by atoms with E-state index >= 15 is 0 Å². The maximum absolute atomic E-state index is 13.0. The summed E-state index contributed by atoms with van der Waals surface area (Å²) in [6.45, 7) is 3.86. The molecule has 0 aromatic heterocycles. The minimum Gasteiger partial charge on any atom is -0.289 e. The van der Waals surface area contributed by atoms with E-state index in [0.29, 0.717) is 11.1 Å². The van der Waals surface area contributed by atoms with Crippen LogP contribution in [0.5, 0.6) is 0 Å². The van der Waals surface area contributed by atoms with Crippen molar-refractivity contribution >= 4 is 43.2 Å². The number of Topliss-reactive ketones (excluding diaryl/α,β-unsaturated/α-hetero) is 1. The summed E-state index contributed by atoms with van der Waals surface area (Å²) < 4.78 is 2.04. The zero-order valence-corrected chi connectivity index (χ0v) is 18.9. The topological polar surface area (TPSA) is 17.1 Å². The zero-order valence-electron chi connectivity index (χ0n) is 15.7. The lowest BCUT2D eigenvalue weighted by molar-refractivity contribution is 0.103. The van der Waals surface area contributed by atoms with Crippen LogP contribution in [0.1, 0.15) is 29.8 Å². The Morgan fingerprint density at radius 2 is 1.36 bits per heavy atom. The van der Waals surface area contributed by atoms with Gasteiger partial charge in [-0.1, -0.05) is 80.4 Å². The largest absolute Gasteiger partial charge is 0.289 e. The van der Waals surface area contributed by atoms with Gasteiger partial charge >= 0.3 is 0 Å². The molecule has 0 amide bonds. The Kier molecular flexibility index (Phi) is 6.82. The molecule has 0 radical (unpaired) electrons. The molecule has 0 aliphatic carbocycles. The Labute approximate surface area is 183 Å². The molecule has 3 heteroatoms. The molecule has 1 nitrogen and oxygen atoms in total. The van der Waals surface area contributed by atoms with E-state index in [1.165, 1.54) is 0 Å². The average Bonchev–Trinajstić information content (AvgIpc) is 2.71. The lowest BCUT2D eigenvalue weighted by atomic mass is 9.96. The van der Waals surface area contributed by atoms with Crippen molar-refractivity contribution in [2.24, 2.45) is 0 Å². The smallest absolute Gasteiger partial charge is 0.188 e. The van der Waals surface area contributed by atoms with Gasteiger partial charge in [0.15, 0.2) is 5.78 Å². The predicted molar refractivity (Wildman–Crippen MR) is 125 cm³/mol. The maximum atomic E-state index is 13.0. The molecular formula is C25H20Br2O. The molecule has 3 rings (SSSR count). The third kappa shape index (κ3) is 4.98. The molecule has 0 aliphatic rings. The van der Waals surface area contributed by atoms with E-state index < -0.39 is 0 Å². The molecule has 0 aliphatic heterocycles. The van der Waals surface area contributed by atoms with Gasteiger partial charge in [-0.05, 0) is 78.1 Å². The molecule has 0 bridgehead atoms. The summed E-state index contributed by atoms with van der Waals surface area (Å²) in [5.74, 6) is 0.0335. The fourth-order valence-corrected chi connectivity index (χ4v) is 3.83. The van der Waals surface area contributed by atoms with Crippen LogP contribution in [0.15, 0.2) is 99.5 Å². The molecule has 28 heavy (non-hydrogen) atoms. The monoisotopic (exact) mass is 494 g/mol. The molecule has 140 valence electrons. The number of halogens is 2. The molecule has 0 atom stereocenters. The van der Waals surface area contributed by atoms with Crippen LogP contribution in [0, 0.1) is 0 Å². The second-order valence-electron chi connectivity index (χ2n) is 6.50. The zero-order chi connectivity index (χ0) is 20.1. The summed E-state index contributed by atoms with van der Waals surface area (Å²) in [5, 5.41) is 0. The molecule has 0 saturated carbocycles. The second-order valence-corrected chi connectivity index (χ2v) is 8.33. The number of hydrogen-bond acceptors (Lipinski definition) is 1. The van der Waals surface area contributed by atoms with Crippen molar-refractivity contribution < 1.29 is 4.79 Å². The number of hydrogen-bond donors (Lipinski definition) is 0. The van der Waals surface area contributed by atoms with Crippen molar-refractivity contribution in [1.82, 2.24) is 0 Å². The maximum Gasteiger partial charge on any atom is 0.188 e. The first-order valence-electron chi connectivity index (χ1n) is 8.99. The predicted octanol–water partition coefficient (Wildman–Crippen LogP) is 8.11. The molecular weight excluding hydrogens is 476 g/mol. The molecule has 3 aromatic rings. The first-order chi connectivity index (χ1) is 13.5. The van der Waals surface area contributed by atoms with E-state index in [9.17, 15) is 4.79 Å². The van der Waals surface area contributed by atoms with E-state index in [1.54, 1.807) is 0 Å². The Morgan fingerprint density at radius 3 is 2.00 bits per heavy atom. The highest BCUT2D eigenvalue weighted by atomic mass is 79.9. The lowest BCUT2D eigenvalue weighted by Crippen LogP contribution is -2.01. The van der Waals surface area contributed by atoms with Crippen LogP contribution in [0.4, 0.5) is 0 Å². The van der Waals surface area contributed by atoms with Crippen LogP contribution in [-0.2, 0) is 0 Å². The fourth-order valence-electron chi connectivity index (χ4n) is 3.04. The average molecular weight is 496 g/mol. The fraction of sp³-hybridized carbons (Fsp3) is 0.0800. The van der Waals surface area contributed by atoms with Crippen LogP contribution in [0.2, 0.25) is 0 Å². The van der Waals surface area contributed by atoms with Gasteiger partial charge in [0.25, 0.3) is 0 Å². The summed E-state index contributed by atoms with van der Waals surface area (Å²) in [6.07, 6.45) is 3.98. The number of ketones is 1. The summed E-state index contributed by atoms with van der Waals surface area (Å²) >= 11 is 7.02. The van der Waals surface area contributed by atoms with Gasteiger partial charge in [-0.3, -0.25) is 4.79 Å². The van der Waals surface area contributed by atoms with Gasteiger partial charge in [0.05, 0.1) is 0 Å². The third-order valence-electron chi connectivity index (χ3n) is 4.48. The van der Waals surface area contributed by atoms with Crippen LogP contribution in [0.25, 0.3) is 16.7 Å². The lowest BCUT2D eigenvalue weighted by Gasteiger charge is -2.08. The van der Waals surface area contributed by atoms with E-state index in [-0.39, 0.29) is 5.78 Å². The molecule has 0 N–H and O–H groups in total. The Hall–Kier alpha value is -2.23. The van der Waals surface area contributed by atoms with Crippen molar-refractivity contribution in [2.75, 3.05) is 0 Å². The van der Waals surface area contributed by atoms with E-state index in [2.05, 4.69) is 44.0 Å². The van der Waals surface area contributed by atoms with Crippen molar-refractivity contribution in [3.63, 3.8) is 0 Å². The minimum absolute atomic E-state index is 0.0335. The first-order valence-corrected chi connectivity index (χ1v) is 10.6. The molecule has 0 fully saturated rings. The quantitative estimate of drug-likeness (QED) is 0.198. The molecule has 0 saturated heterocycles. The number of carbonyl (C=O) groups is 1. The van der Waals surface area contributed by atoms with Crippen molar-refractivity contribution in [1.29, 1.82) is 0 Å². The molecule has 0 unspecified atom stereocenters. The summed E-state index contributed by atoms with van der Waals surface area (Å²) in [5.41, 5.74) is 5.60.